The summed E-state index contributed by atoms with van der Waals surface area (Å²) in [5.74, 6) is 1.96. The second-order valence-electron chi connectivity index (χ2n) is 6.61. The smallest absolute Gasteiger partial charge is 0.222 e. The van der Waals surface area contributed by atoms with Gasteiger partial charge in [-0.3, -0.25) is 0 Å². The van der Waals surface area contributed by atoms with E-state index in [1.54, 1.807) is 24.3 Å². The number of para-hydroxylation sites is 1. The third-order valence-corrected chi connectivity index (χ3v) is 4.60. The number of nitrogens with zero attached hydrogens (tertiary/aromatic N) is 1. The molecule has 0 unspecified atom stereocenters. The molecule has 3 aromatic rings. The molecule has 0 radical (unpaired) electrons. The number of hydrogen-bond donors (Lipinski definition) is 0. The molecule has 0 heterocycles. The molecule has 0 spiro atoms. The zero-order valence-electron chi connectivity index (χ0n) is 16.2. The van der Waals surface area contributed by atoms with Gasteiger partial charge in [0.1, 0.15) is 11.5 Å². The number of aliphatic imine (C=N–C) groups is 1. The maximum absolute atomic E-state index is 6.24. The highest BCUT2D eigenvalue weighted by atomic mass is 35.5. The van der Waals surface area contributed by atoms with Crippen molar-refractivity contribution in [2.75, 3.05) is 0 Å². The second kappa shape index (κ2) is 10.1. The van der Waals surface area contributed by atoms with Crippen molar-refractivity contribution in [2.45, 2.75) is 19.8 Å². The summed E-state index contributed by atoms with van der Waals surface area (Å²) in [7, 11) is 0. The van der Waals surface area contributed by atoms with Gasteiger partial charge in [-0.1, -0.05) is 67.4 Å². The standard InChI is InChI=1S/C24H21Cl2NO2/c1-17(2)18-8-11-20(12-9-18)27-24(14-15-28-21-6-4-3-5-7-21)29-23-13-10-19(25)16-22(23)26/h3-17H,1-2H3. The molecule has 0 atom stereocenters. The Labute approximate surface area is 181 Å². The van der Waals surface area contributed by atoms with Crippen LogP contribution in [0.2, 0.25) is 10.0 Å². The molecule has 0 N–H and O–H groups in total. The van der Waals surface area contributed by atoms with Crippen LogP contribution in [0, 0.1) is 0 Å². The van der Waals surface area contributed by atoms with E-state index in [4.69, 9.17) is 32.7 Å². The number of benzene rings is 3. The first-order valence-electron chi connectivity index (χ1n) is 9.21. The van der Waals surface area contributed by atoms with Crippen LogP contribution in [0.1, 0.15) is 25.3 Å². The number of rotatable bonds is 6. The van der Waals surface area contributed by atoms with Gasteiger partial charge < -0.3 is 9.47 Å². The molecule has 0 bridgehead atoms. The molecule has 5 heteroatoms. The summed E-state index contributed by atoms with van der Waals surface area (Å²) in [6.07, 6.45) is 3.18. The number of halogens is 2. The predicted octanol–water partition coefficient (Wildman–Crippen LogP) is 7.82. The molecule has 0 aliphatic rings. The first-order valence-corrected chi connectivity index (χ1v) is 9.96. The van der Waals surface area contributed by atoms with Gasteiger partial charge in [-0.25, -0.2) is 4.99 Å². The lowest BCUT2D eigenvalue weighted by atomic mass is 10.0. The van der Waals surface area contributed by atoms with Crippen molar-refractivity contribution < 1.29 is 9.47 Å². The molecule has 0 aromatic heterocycles. The lowest BCUT2D eigenvalue weighted by molar-refractivity contribution is 0.479. The minimum Gasteiger partial charge on any atom is -0.465 e. The first kappa shape index (κ1) is 21.0. The second-order valence-corrected chi connectivity index (χ2v) is 7.45. The van der Waals surface area contributed by atoms with Gasteiger partial charge in [-0.05, 0) is 53.9 Å². The van der Waals surface area contributed by atoms with E-state index in [0.29, 0.717) is 33.4 Å². The van der Waals surface area contributed by atoms with E-state index in [-0.39, 0.29) is 0 Å². The van der Waals surface area contributed by atoms with Gasteiger partial charge in [-0.2, -0.15) is 0 Å². The summed E-state index contributed by atoms with van der Waals surface area (Å²) >= 11 is 12.2. The molecule has 3 rings (SSSR count). The van der Waals surface area contributed by atoms with Crippen molar-refractivity contribution in [1.82, 2.24) is 0 Å². The fourth-order valence-electron chi connectivity index (χ4n) is 2.50. The largest absolute Gasteiger partial charge is 0.465 e. The van der Waals surface area contributed by atoms with Gasteiger partial charge >= 0.3 is 0 Å². The summed E-state index contributed by atoms with van der Waals surface area (Å²) in [6.45, 7) is 4.30. The van der Waals surface area contributed by atoms with E-state index >= 15 is 0 Å². The van der Waals surface area contributed by atoms with Crippen molar-refractivity contribution in [3.05, 3.63) is 101 Å². The topological polar surface area (TPSA) is 30.8 Å². The molecule has 0 amide bonds. The van der Waals surface area contributed by atoms with Crippen LogP contribution < -0.4 is 9.47 Å². The molecule has 0 saturated heterocycles. The minimum absolute atomic E-state index is 0.336. The van der Waals surface area contributed by atoms with Gasteiger partial charge in [0.15, 0.2) is 0 Å². The van der Waals surface area contributed by atoms with Crippen molar-refractivity contribution in [2.24, 2.45) is 4.99 Å². The molecule has 0 aliphatic carbocycles. The summed E-state index contributed by atoms with van der Waals surface area (Å²) in [4.78, 5) is 4.59. The Morgan fingerprint density at radius 2 is 1.66 bits per heavy atom. The van der Waals surface area contributed by atoms with E-state index in [1.807, 2.05) is 42.5 Å². The minimum atomic E-state index is 0.336. The third-order valence-electron chi connectivity index (χ3n) is 4.07. The normalized spacial score (nSPS) is 11.8. The van der Waals surface area contributed by atoms with Gasteiger partial charge in [0, 0.05) is 11.1 Å². The molecule has 0 saturated carbocycles. The van der Waals surface area contributed by atoms with E-state index in [0.717, 1.165) is 5.69 Å². The van der Waals surface area contributed by atoms with Crippen molar-refractivity contribution in [1.29, 1.82) is 0 Å². The zero-order valence-corrected chi connectivity index (χ0v) is 17.7. The van der Waals surface area contributed by atoms with Crippen molar-refractivity contribution >= 4 is 34.8 Å². The monoisotopic (exact) mass is 425 g/mol. The highest BCUT2D eigenvalue weighted by Gasteiger charge is 2.07. The van der Waals surface area contributed by atoms with E-state index in [1.165, 1.54) is 11.8 Å². The Kier molecular flexibility index (Phi) is 7.34. The predicted molar refractivity (Wildman–Crippen MR) is 121 cm³/mol. The van der Waals surface area contributed by atoms with Crippen LogP contribution in [0.15, 0.2) is 90.1 Å². The van der Waals surface area contributed by atoms with E-state index in [9.17, 15) is 0 Å². The van der Waals surface area contributed by atoms with E-state index < -0.39 is 0 Å². The molecule has 148 valence electrons. The maximum atomic E-state index is 6.24. The summed E-state index contributed by atoms with van der Waals surface area (Å²) < 4.78 is 11.5. The fraction of sp³-hybridized carbons (Fsp3) is 0.125. The Bertz CT molecular complexity index is 997. The highest BCUT2D eigenvalue weighted by Crippen LogP contribution is 2.28. The maximum Gasteiger partial charge on any atom is 0.222 e. The van der Waals surface area contributed by atoms with Crippen LogP contribution in [-0.4, -0.2) is 5.90 Å². The lowest BCUT2D eigenvalue weighted by Crippen LogP contribution is -2.06. The average Bonchev–Trinajstić information content (AvgIpc) is 2.71. The quantitative estimate of drug-likeness (QED) is 0.229. The Morgan fingerprint density at radius 3 is 2.31 bits per heavy atom. The summed E-state index contributed by atoms with van der Waals surface area (Å²) in [6, 6.07) is 22.5. The summed E-state index contributed by atoms with van der Waals surface area (Å²) in [5, 5.41) is 0.936. The van der Waals surface area contributed by atoms with Crippen LogP contribution in [-0.2, 0) is 0 Å². The molecule has 0 fully saturated rings. The number of hydrogen-bond acceptors (Lipinski definition) is 3. The van der Waals surface area contributed by atoms with Crippen LogP contribution in [0.5, 0.6) is 11.5 Å². The molecule has 0 aliphatic heterocycles. The van der Waals surface area contributed by atoms with Crippen LogP contribution >= 0.6 is 23.2 Å². The fourth-order valence-corrected chi connectivity index (χ4v) is 2.94. The SMILES string of the molecule is CC(C)c1ccc(N=C(C=COc2ccccc2)Oc2ccc(Cl)cc2Cl)cc1. The van der Waals surface area contributed by atoms with Gasteiger partial charge in [-0.15, -0.1) is 0 Å². The Hall–Kier alpha value is -2.75. The molecule has 3 aromatic carbocycles. The van der Waals surface area contributed by atoms with Crippen LogP contribution in [0.25, 0.3) is 0 Å². The van der Waals surface area contributed by atoms with Crippen molar-refractivity contribution in [3.63, 3.8) is 0 Å². The first-order chi connectivity index (χ1) is 14.0. The molecular formula is C24H21Cl2NO2. The average molecular weight is 426 g/mol. The zero-order chi connectivity index (χ0) is 20.6. The van der Waals surface area contributed by atoms with Gasteiger partial charge in [0.05, 0.1) is 17.0 Å². The number of ether oxygens (including phenoxy) is 2. The van der Waals surface area contributed by atoms with Crippen molar-refractivity contribution in [3.8, 4) is 11.5 Å². The Morgan fingerprint density at radius 1 is 0.931 bits per heavy atom. The van der Waals surface area contributed by atoms with Gasteiger partial charge in [0.25, 0.3) is 0 Å². The molecule has 3 nitrogen and oxygen atoms in total. The van der Waals surface area contributed by atoms with Gasteiger partial charge in [0.2, 0.25) is 5.90 Å². The third kappa shape index (κ3) is 6.38. The Balaban J connectivity index is 1.85. The highest BCUT2D eigenvalue weighted by molar-refractivity contribution is 6.35. The lowest BCUT2D eigenvalue weighted by Gasteiger charge is -2.09. The summed E-state index contributed by atoms with van der Waals surface area (Å²) in [5.41, 5.74) is 2.01. The van der Waals surface area contributed by atoms with Crippen LogP contribution in [0.3, 0.4) is 0 Å². The van der Waals surface area contributed by atoms with E-state index in [2.05, 4.69) is 31.0 Å². The van der Waals surface area contributed by atoms with Crippen LogP contribution in [0.4, 0.5) is 5.69 Å². The molecular weight excluding hydrogens is 405 g/mol. The molecule has 29 heavy (non-hydrogen) atoms.